The van der Waals surface area contributed by atoms with Gasteiger partial charge in [0.15, 0.2) is 9.84 Å². The fourth-order valence-corrected chi connectivity index (χ4v) is 5.17. The first kappa shape index (κ1) is 17.6. The van der Waals surface area contributed by atoms with Gasteiger partial charge in [0.1, 0.15) is 0 Å². The predicted molar refractivity (Wildman–Crippen MR) is 91.2 cm³/mol. The predicted octanol–water partition coefficient (Wildman–Crippen LogP) is 2.86. The lowest BCUT2D eigenvalue weighted by molar-refractivity contribution is -0.130. The maximum absolute atomic E-state index is 12.5. The number of carbonyl (C=O) groups is 1. The number of nitrogens with zero attached hydrogens (tertiary/aromatic N) is 1. The molecule has 0 bridgehead atoms. The van der Waals surface area contributed by atoms with E-state index in [4.69, 9.17) is 11.6 Å². The Labute approximate surface area is 141 Å². The molecule has 1 atom stereocenters. The average molecular weight is 362 g/mol. The molecule has 1 amide bonds. The quantitative estimate of drug-likeness (QED) is 0.731. The van der Waals surface area contributed by atoms with Crippen molar-refractivity contribution in [3.63, 3.8) is 0 Å². The Hall–Kier alpha value is -0.720. The molecule has 1 aliphatic rings. The second-order valence-corrected chi connectivity index (χ2v) is 9.10. The van der Waals surface area contributed by atoms with Crippen LogP contribution >= 0.6 is 23.4 Å². The van der Waals surface area contributed by atoms with E-state index in [0.717, 1.165) is 11.3 Å². The van der Waals surface area contributed by atoms with Crippen molar-refractivity contribution >= 4 is 39.1 Å². The van der Waals surface area contributed by atoms with E-state index in [1.807, 2.05) is 19.1 Å². The van der Waals surface area contributed by atoms with Crippen molar-refractivity contribution in [2.75, 3.05) is 23.8 Å². The van der Waals surface area contributed by atoms with E-state index in [0.29, 0.717) is 23.7 Å². The van der Waals surface area contributed by atoms with Crippen molar-refractivity contribution < 1.29 is 13.2 Å². The number of thioether (sulfide) groups is 1. The highest BCUT2D eigenvalue weighted by Crippen LogP contribution is 2.23. The van der Waals surface area contributed by atoms with Gasteiger partial charge < -0.3 is 4.90 Å². The summed E-state index contributed by atoms with van der Waals surface area (Å²) >= 11 is 7.29. The zero-order valence-electron chi connectivity index (χ0n) is 12.5. The molecular weight excluding hydrogens is 342 g/mol. The third-order valence-corrected chi connectivity index (χ3v) is 6.61. The lowest BCUT2D eigenvalue weighted by Crippen LogP contribution is -2.42. The van der Waals surface area contributed by atoms with Crippen LogP contribution in [0, 0.1) is 0 Å². The van der Waals surface area contributed by atoms with Crippen LogP contribution < -0.4 is 0 Å². The van der Waals surface area contributed by atoms with Crippen molar-refractivity contribution in [2.24, 2.45) is 0 Å². The zero-order chi connectivity index (χ0) is 16.2. The average Bonchev–Trinajstić information content (AvgIpc) is 2.83. The van der Waals surface area contributed by atoms with E-state index in [9.17, 15) is 13.2 Å². The SMILES string of the molecule is CCCN(C(=O)CSc1ccc(Cl)cc1)C1CCS(=O)(=O)C1. The largest absolute Gasteiger partial charge is 0.338 e. The van der Waals surface area contributed by atoms with Crippen LogP contribution in [0.1, 0.15) is 19.8 Å². The fraction of sp³-hybridized carbons (Fsp3) is 0.533. The van der Waals surface area contributed by atoms with Gasteiger partial charge in [0, 0.05) is 22.5 Å². The molecule has 1 aliphatic heterocycles. The summed E-state index contributed by atoms with van der Waals surface area (Å²) in [4.78, 5) is 15.2. The van der Waals surface area contributed by atoms with E-state index >= 15 is 0 Å². The van der Waals surface area contributed by atoms with E-state index in [1.165, 1.54) is 11.8 Å². The zero-order valence-corrected chi connectivity index (χ0v) is 14.9. The van der Waals surface area contributed by atoms with Gasteiger partial charge in [-0.1, -0.05) is 18.5 Å². The first-order valence-electron chi connectivity index (χ1n) is 7.29. The van der Waals surface area contributed by atoms with E-state index in [2.05, 4.69) is 0 Å². The summed E-state index contributed by atoms with van der Waals surface area (Å²) in [6, 6.07) is 7.18. The molecule has 0 aliphatic carbocycles. The number of benzene rings is 1. The normalized spacial score (nSPS) is 20.0. The van der Waals surface area contributed by atoms with Crippen LogP contribution in [0.25, 0.3) is 0 Å². The minimum Gasteiger partial charge on any atom is -0.338 e. The summed E-state index contributed by atoms with van der Waals surface area (Å²) in [5.41, 5.74) is 0. The summed E-state index contributed by atoms with van der Waals surface area (Å²) in [6.07, 6.45) is 1.38. The van der Waals surface area contributed by atoms with Crippen molar-refractivity contribution in [3.8, 4) is 0 Å². The Morgan fingerprint density at radius 2 is 2.05 bits per heavy atom. The standard InChI is InChI=1S/C15H20ClNO3S2/c1-2-8-17(13-7-9-22(19,20)11-13)15(18)10-21-14-5-3-12(16)4-6-14/h3-6,13H,2,7-11H2,1H3. The van der Waals surface area contributed by atoms with Crippen LogP contribution in [0.5, 0.6) is 0 Å². The lowest BCUT2D eigenvalue weighted by atomic mass is 10.2. The smallest absolute Gasteiger partial charge is 0.233 e. The number of hydrogen-bond acceptors (Lipinski definition) is 4. The van der Waals surface area contributed by atoms with Crippen molar-refractivity contribution in [3.05, 3.63) is 29.3 Å². The maximum Gasteiger partial charge on any atom is 0.233 e. The Morgan fingerprint density at radius 1 is 1.36 bits per heavy atom. The Morgan fingerprint density at radius 3 is 2.59 bits per heavy atom. The second-order valence-electron chi connectivity index (χ2n) is 5.39. The van der Waals surface area contributed by atoms with Gasteiger partial charge in [-0.05, 0) is 37.1 Å². The van der Waals surface area contributed by atoms with Gasteiger partial charge in [-0.2, -0.15) is 0 Å². The lowest BCUT2D eigenvalue weighted by Gasteiger charge is -2.27. The van der Waals surface area contributed by atoms with Gasteiger partial charge >= 0.3 is 0 Å². The summed E-state index contributed by atoms with van der Waals surface area (Å²) in [6.45, 7) is 2.61. The van der Waals surface area contributed by atoms with Crippen LogP contribution in [-0.4, -0.2) is 49.1 Å². The fourth-order valence-electron chi connectivity index (χ4n) is 2.53. The molecule has 0 aromatic heterocycles. The Balaban J connectivity index is 1.96. The molecule has 1 aromatic rings. The van der Waals surface area contributed by atoms with E-state index in [-0.39, 0.29) is 23.5 Å². The van der Waals surface area contributed by atoms with Gasteiger partial charge in [-0.15, -0.1) is 11.8 Å². The van der Waals surface area contributed by atoms with Gasteiger partial charge in [-0.3, -0.25) is 4.79 Å². The third kappa shape index (κ3) is 4.89. The second kappa shape index (κ2) is 7.70. The summed E-state index contributed by atoms with van der Waals surface area (Å²) in [5.74, 6) is 0.613. The Kier molecular flexibility index (Phi) is 6.17. The summed E-state index contributed by atoms with van der Waals surface area (Å²) in [7, 11) is -2.98. The molecule has 0 saturated carbocycles. The monoisotopic (exact) mass is 361 g/mol. The molecule has 22 heavy (non-hydrogen) atoms. The molecule has 1 heterocycles. The van der Waals surface area contributed by atoms with Crippen LogP contribution in [0.4, 0.5) is 0 Å². The molecule has 0 N–H and O–H groups in total. The summed E-state index contributed by atoms with van der Waals surface area (Å²) in [5, 5.41) is 0.666. The van der Waals surface area contributed by atoms with Gasteiger partial charge in [0.2, 0.25) is 5.91 Å². The van der Waals surface area contributed by atoms with Gasteiger partial charge in [-0.25, -0.2) is 8.42 Å². The topological polar surface area (TPSA) is 54.5 Å². The number of amides is 1. The highest BCUT2D eigenvalue weighted by molar-refractivity contribution is 8.00. The van der Waals surface area contributed by atoms with Crippen molar-refractivity contribution in [2.45, 2.75) is 30.7 Å². The molecule has 1 saturated heterocycles. The molecule has 122 valence electrons. The molecule has 2 rings (SSSR count). The molecule has 1 aromatic carbocycles. The number of rotatable bonds is 6. The van der Waals surface area contributed by atoms with Gasteiger partial charge in [0.05, 0.1) is 17.3 Å². The number of carbonyl (C=O) groups excluding carboxylic acids is 1. The highest BCUT2D eigenvalue weighted by atomic mass is 35.5. The molecule has 1 unspecified atom stereocenters. The molecule has 1 fully saturated rings. The third-order valence-electron chi connectivity index (χ3n) is 3.61. The summed E-state index contributed by atoms with van der Waals surface area (Å²) < 4.78 is 23.3. The van der Waals surface area contributed by atoms with Crippen LogP contribution in [-0.2, 0) is 14.6 Å². The maximum atomic E-state index is 12.5. The highest BCUT2D eigenvalue weighted by Gasteiger charge is 2.34. The number of hydrogen-bond donors (Lipinski definition) is 0. The van der Waals surface area contributed by atoms with Gasteiger partial charge in [0.25, 0.3) is 0 Å². The number of halogens is 1. The number of sulfone groups is 1. The molecule has 7 heteroatoms. The van der Waals surface area contributed by atoms with E-state index < -0.39 is 9.84 Å². The van der Waals surface area contributed by atoms with Crippen LogP contribution in [0.15, 0.2) is 29.2 Å². The first-order chi connectivity index (χ1) is 10.4. The van der Waals surface area contributed by atoms with Crippen LogP contribution in [0.2, 0.25) is 5.02 Å². The molecule has 0 radical (unpaired) electrons. The van der Waals surface area contributed by atoms with Crippen molar-refractivity contribution in [1.82, 2.24) is 4.90 Å². The molecule has 4 nitrogen and oxygen atoms in total. The molecular formula is C15H20ClNO3S2. The van der Waals surface area contributed by atoms with Crippen LogP contribution in [0.3, 0.4) is 0 Å². The minimum absolute atomic E-state index is 0.00361. The molecule has 0 spiro atoms. The van der Waals surface area contributed by atoms with Crippen molar-refractivity contribution in [1.29, 1.82) is 0 Å². The minimum atomic E-state index is -2.98. The first-order valence-corrected chi connectivity index (χ1v) is 10.5. The van der Waals surface area contributed by atoms with E-state index in [1.54, 1.807) is 17.0 Å². The Bertz CT molecular complexity index is 616.